The summed E-state index contributed by atoms with van der Waals surface area (Å²) >= 11 is 12.8. The van der Waals surface area contributed by atoms with Crippen molar-refractivity contribution >= 4 is 23.2 Å². The Morgan fingerprint density at radius 3 is 2.26 bits per heavy atom. The van der Waals surface area contributed by atoms with E-state index in [0.717, 1.165) is 28.2 Å². The summed E-state index contributed by atoms with van der Waals surface area (Å²) in [7, 11) is 1.57. The van der Waals surface area contributed by atoms with Gasteiger partial charge in [-0.05, 0) is 37.8 Å². The Morgan fingerprint density at radius 1 is 1.13 bits per heavy atom. The van der Waals surface area contributed by atoms with Crippen LogP contribution in [0.5, 0.6) is 11.5 Å². The van der Waals surface area contributed by atoms with Crippen molar-refractivity contribution in [3.63, 3.8) is 0 Å². The van der Waals surface area contributed by atoms with E-state index in [9.17, 15) is 0 Å². The van der Waals surface area contributed by atoms with Crippen LogP contribution in [0.1, 0.15) is 48.0 Å². The lowest BCUT2D eigenvalue weighted by Gasteiger charge is -2.18. The highest BCUT2D eigenvalue weighted by molar-refractivity contribution is 6.37. The Kier molecular flexibility index (Phi) is 5.53. The zero-order valence-corrected chi connectivity index (χ0v) is 15.9. The molecule has 126 valence electrons. The second kappa shape index (κ2) is 7.06. The third-order valence-electron chi connectivity index (χ3n) is 4.04. The van der Waals surface area contributed by atoms with Gasteiger partial charge >= 0.3 is 0 Å². The van der Waals surface area contributed by atoms with Crippen LogP contribution in [-0.4, -0.2) is 7.11 Å². The van der Waals surface area contributed by atoms with Crippen molar-refractivity contribution in [2.75, 3.05) is 7.11 Å². The van der Waals surface area contributed by atoms with Gasteiger partial charge in [-0.1, -0.05) is 37.0 Å². The molecule has 0 saturated carbocycles. The largest absolute Gasteiger partial charge is 0.491 e. The summed E-state index contributed by atoms with van der Waals surface area (Å²) in [6.45, 7) is 10.3. The molecule has 0 N–H and O–H groups in total. The minimum atomic E-state index is 0.193. The molecule has 0 spiro atoms. The Balaban J connectivity index is 2.37. The fraction of sp³-hybridized carbons (Fsp3) is 0.444. The highest BCUT2D eigenvalue weighted by Gasteiger charge is 2.21. The summed E-state index contributed by atoms with van der Waals surface area (Å²) in [5, 5.41) is 1.08. The van der Waals surface area contributed by atoms with Gasteiger partial charge in [0.15, 0.2) is 11.5 Å². The maximum absolute atomic E-state index is 6.45. The molecule has 0 unspecified atom stereocenters. The Bertz CT molecular complexity index is 718. The third-order valence-corrected chi connectivity index (χ3v) is 4.73. The lowest BCUT2D eigenvalue weighted by Crippen LogP contribution is -2.02. The number of hydrogen-bond donors (Lipinski definition) is 0. The SMILES string of the molecule is COc1c(OCc2c(C)oc(C)c2C)cc(Cl)c(C(C)C)c1Cl. The molecule has 1 aromatic carbocycles. The van der Waals surface area contributed by atoms with E-state index in [-0.39, 0.29) is 5.92 Å². The second-order valence-corrected chi connectivity index (χ2v) is 6.66. The molecule has 0 radical (unpaired) electrons. The number of halogens is 2. The van der Waals surface area contributed by atoms with Gasteiger partial charge < -0.3 is 13.9 Å². The van der Waals surface area contributed by atoms with Gasteiger partial charge in [0.25, 0.3) is 0 Å². The number of hydrogen-bond acceptors (Lipinski definition) is 3. The molecule has 0 aliphatic carbocycles. The zero-order chi connectivity index (χ0) is 17.3. The molecular weight excluding hydrogens is 335 g/mol. The Morgan fingerprint density at radius 2 is 1.78 bits per heavy atom. The molecule has 0 aliphatic heterocycles. The maximum Gasteiger partial charge on any atom is 0.179 e. The summed E-state index contributed by atoms with van der Waals surface area (Å²) < 4.78 is 17.0. The first-order valence-electron chi connectivity index (χ1n) is 7.52. The first kappa shape index (κ1) is 18.0. The standard InChI is InChI=1S/C18H22Cl2O3/c1-9(2)16-14(19)7-15(18(21-6)17(16)20)22-8-13-10(3)11(4)23-12(13)5/h7,9H,8H2,1-6H3. The number of methoxy groups -OCH3 is 1. The van der Waals surface area contributed by atoms with Crippen molar-refractivity contribution < 1.29 is 13.9 Å². The summed E-state index contributed by atoms with van der Waals surface area (Å²) in [4.78, 5) is 0. The molecule has 5 heteroatoms. The van der Waals surface area contributed by atoms with E-state index >= 15 is 0 Å². The van der Waals surface area contributed by atoms with Crippen LogP contribution in [-0.2, 0) is 6.61 Å². The zero-order valence-electron chi connectivity index (χ0n) is 14.3. The van der Waals surface area contributed by atoms with Crippen LogP contribution in [0.15, 0.2) is 10.5 Å². The first-order valence-corrected chi connectivity index (χ1v) is 8.27. The Labute approximate surface area is 147 Å². The minimum Gasteiger partial charge on any atom is -0.491 e. The van der Waals surface area contributed by atoms with Crippen LogP contribution in [0.2, 0.25) is 10.0 Å². The fourth-order valence-electron chi connectivity index (χ4n) is 2.62. The van der Waals surface area contributed by atoms with Gasteiger partial charge in [0, 0.05) is 16.7 Å². The first-order chi connectivity index (χ1) is 10.8. The molecule has 23 heavy (non-hydrogen) atoms. The van der Waals surface area contributed by atoms with Gasteiger partial charge in [-0.25, -0.2) is 0 Å². The van der Waals surface area contributed by atoms with Crippen molar-refractivity contribution in [2.24, 2.45) is 0 Å². The average molecular weight is 357 g/mol. The van der Waals surface area contributed by atoms with Gasteiger partial charge in [-0.3, -0.25) is 0 Å². The highest BCUT2D eigenvalue weighted by Crippen LogP contribution is 2.44. The third kappa shape index (κ3) is 3.46. The lowest BCUT2D eigenvalue weighted by atomic mass is 10.0. The number of aryl methyl sites for hydroxylation is 2. The van der Waals surface area contributed by atoms with Crippen molar-refractivity contribution in [2.45, 2.75) is 47.1 Å². The predicted molar refractivity (Wildman–Crippen MR) is 94.4 cm³/mol. The van der Waals surface area contributed by atoms with E-state index in [1.54, 1.807) is 13.2 Å². The summed E-state index contributed by atoms with van der Waals surface area (Å²) in [5.74, 6) is 2.99. The summed E-state index contributed by atoms with van der Waals surface area (Å²) in [6, 6.07) is 1.76. The highest BCUT2D eigenvalue weighted by atomic mass is 35.5. The van der Waals surface area contributed by atoms with Crippen molar-refractivity contribution in [1.82, 2.24) is 0 Å². The molecule has 0 atom stereocenters. The smallest absolute Gasteiger partial charge is 0.179 e. The molecule has 2 rings (SSSR count). The number of ether oxygens (including phenoxy) is 2. The number of furan rings is 1. The van der Waals surface area contributed by atoms with Crippen molar-refractivity contribution in [1.29, 1.82) is 0 Å². The monoisotopic (exact) mass is 356 g/mol. The average Bonchev–Trinajstić information content (AvgIpc) is 2.69. The van der Waals surface area contributed by atoms with Gasteiger partial charge in [-0.2, -0.15) is 0 Å². The lowest BCUT2D eigenvalue weighted by molar-refractivity contribution is 0.281. The van der Waals surface area contributed by atoms with E-state index in [1.165, 1.54) is 0 Å². The van der Waals surface area contributed by atoms with Gasteiger partial charge in [0.05, 0.1) is 12.1 Å². The number of benzene rings is 1. The molecule has 0 aliphatic rings. The second-order valence-electron chi connectivity index (χ2n) is 5.88. The van der Waals surface area contributed by atoms with Gasteiger partial charge in [0.2, 0.25) is 0 Å². The maximum atomic E-state index is 6.45. The van der Waals surface area contributed by atoms with Crippen LogP contribution in [0.25, 0.3) is 0 Å². The van der Waals surface area contributed by atoms with E-state index in [1.807, 2.05) is 34.6 Å². The topological polar surface area (TPSA) is 31.6 Å². The summed E-state index contributed by atoms with van der Waals surface area (Å²) in [5.41, 5.74) is 2.99. The molecule has 2 aromatic rings. The molecule has 0 bridgehead atoms. The predicted octanol–water partition coefficient (Wildman–Crippen LogP) is 6.22. The Hall–Kier alpha value is -1.32. The normalized spacial score (nSPS) is 11.2. The van der Waals surface area contributed by atoms with Crippen LogP contribution < -0.4 is 9.47 Å². The van der Waals surface area contributed by atoms with Crippen molar-refractivity contribution in [3.8, 4) is 11.5 Å². The van der Waals surface area contributed by atoms with Crippen LogP contribution in [0.3, 0.4) is 0 Å². The minimum absolute atomic E-state index is 0.193. The van der Waals surface area contributed by atoms with Gasteiger partial charge in [-0.15, -0.1) is 0 Å². The number of rotatable bonds is 5. The van der Waals surface area contributed by atoms with Crippen LogP contribution in [0, 0.1) is 20.8 Å². The van der Waals surface area contributed by atoms with E-state index < -0.39 is 0 Å². The fourth-order valence-corrected chi connectivity index (χ4v) is 3.57. The van der Waals surface area contributed by atoms with E-state index in [4.69, 9.17) is 37.1 Å². The molecule has 0 fully saturated rings. The van der Waals surface area contributed by atoms with Crippen LogP contribution >= 0.6 is 23.2 Å². The molecule has 1 aromatic heterocycles. The van der Waals surface area contributed by atoms with Crippen molar-refractivity contribution in [3.05, 3.63) is 44.3 Å². The molecule has 3 nitrogen and oxygen atoms in total. The molecule has 0 saturated heterocycles. The quantitative estimate of drug-likeness (QED) is 0.636. The van der Waals surface area contributed by atoms with Crippen LogP contribution in [0.4, 0.5) is 0 Å². The summed E-state index contributed by atoms with van der Waals surface area (Å²) in [6.07, 6.45) is 0. The molecule has 0 amide bonds. The molecular formula is C18H22Cl2O3. The van der Waals surface area contributed by atoms with E-state index in [0.29, 0.717) is 28.2 Å². The molecule has 1 heterocycles. The van der Waals surface area contributed by atoms with E-state index in [2.05, 4.69) is 0 Å². The van der Waals surface area contributed by atoms with Gasteiger partial charge in [0.1, 0.15) is 18.1 Å².